The predicted octanol–water partition coefficient (Wildman–Crippen LogP) is 6.21. The Morgan fingerprint density at radius 3 is 2.86 bits per heavy atom. The van der Waals surface area contributed by atoms with E-state index in [1.165, 1.54) is 17.4 Å². The fourth-order valence-electron chi connectivity index (χ4n) is 2.63. The van der Waals surface area contributed by atoms with Gasteiger partial charge < -0.3 is 4.74 Å². The molecule has 6 heteroatoms. The Morgan fingerprint density at radius 1 is 1.25 bits per heavy atom. The van der Waals surface area contributed by atoms with E-state index in [1.54, 1.807) is 6.08 Å². The molecule has 0 spiro atoms. The van der Waals surface area contributed by atoms with Crippen molar-refractivity contribution in [2.45, 2.75) is 20.3 Å². The van der Waals surface area contributed by atoms with Crippen molar-refractivity contribution in [3.05, 3.63) is 70.1 Å². The number of benzene rings is 2. The van der Waals surface area contributed by atoms with Crippen molar-refractivity contribution < 1.29 is 9.53 Å². The van der Waals surface area contributed by atoms with Crippen molar-refractivity contribution in [1.29, 1.82) is 0 Å². The molecule has 0 aliphatic rings. The van der Waals surface area contributed by atoms with Gasteiger partial charge in [0.2, 0.25) is 5.91 Å². The van der Waals surface area contributed by atoms with Gasteiger partial charge in [-0.3, -0.25) is 10.1 Å². The van der Waals surface area contributed by atoms with Crippen LogP contribution in [0, 0.1) is 6.92 Å². The van der Waals surface area contributed by atoms with Crippen molar-refractivity contribution in [1.82, 2.24) is 4.98 Å². The van der Waals surface area contributed by atoms with Crippen LogP contribution in [0.3, 0.4) is 0 Å². The molecule has 0 saturated carbocycles. The van der Waals surface area contributed by atoms with Crippen molar-refractivity contribution in [3.8, 4) is 17.0 Å². The Morgan fingerprint density at radius 2 is 2.07 bits per heavy atom. The molecule has 2 aromatic carbocycles. The first-order valence-corrected chi connectivity index (χ1v) is 10.2. The molecule has 28 heavy (non-hydrogen) atoms. The first-order valence-electron chi connectivity index (χ1n) is 9.01. The number of nitrogens with zero attached hydrogens (tertiary/aromatic N) is 1. The first-order chi connectivity index (χ1) is 13.6. The quantitative estimate of drug-likeness (QED) is 0.469. The molecular formula is C22H21ClN2O2S. The lowest BCUT2D eigenvalue weighted by atomic mass is 10.1. The number of aromatic nitrogens is 1. The third-order valence-corrected chi connectivity index (χ3v) is 5.04. The molecule has 0 saturated heterocycles. The SMILES string of the molecule is CCCOc1ccccc1/C=C/C(=O)Nc1nc(-c2cccc(Cl)c2)c(C)s1. The topological polar surface area (TPSA) is 51.2 Å². The van der Waals surface area contributed by atoms with Crippen molar-refractivity contribution in [3.63, 3.8) is 0 Å². The summed E-state index contributed by atoms with van der Waals surface area (Å²) in [5, 5.41) is 4.04. The summed E-state index contributed by atoms with van der Waals surface area (Å²) in [5.41, 5.74) is 2.62. The Hall–Kier alpha value is -2.63. The summed E-state index contributed by atoms with van der Waals surface area (Å²) in [6.45, 7) is 4.67. The Kier molecular flexibility index (Phi) is 6.85. The van der Waals surface area contributed by atoms with Gasteiger partial charge in [0.1, 0.15) is 5.75 Å². The van der Waals surface area contributed by atoms with Crippen LogP contribution in [0.2, 0.25) is 5.02 Å². The van der Waals surface area contributed by atoms with Crippen LogP contribution < -0.4 is 10.1 Å². The number of hydrogen-bond donors (Lipinski definition) is 1. The molecule has 0 bridgehead atoms. The number of rotatable bonds is 7. The number of anilines is 1. The van der Waals surface area contributed by atoms with Crippen LogP contribution in [0.5, 0.6) is 5.75 Å². The molecular weight excluding hydrogens is 392 g/mol. The monoisotopic (exact) mass is 412 g/mol. The third kappa shape index (κ3) is 5.21. The smallest absolute Gasteiger partial charge is 0.250 e. The van der Waals surface area contributed by atoms with E-state index < -0.39 is 0 Å². The standard InChI is InChI=1S/C22H21ClN2O2S/c1-3-13-27-19-10-5-4-7-16(19)11-12-20(26)24-22-25-21(15(2)28-22)17-8-6-9-18(23)14-17/h4-12,14H,3,13H2,1-2H3,(H,24,25,26)/b12-11+. The molecule has 0 fully saturated rings. The number of carbonyl (C=O) groups excluding carboxylic acids is 1. The number of aryl methyl sites for hydroxylation is 1. The van der Waals surface area contributed by atoms with Gasteiger partial charge in [0, 0.05) is 27.1 Å². The fourth-order valence-corrected chi connectivity index (χ4v) is 3.66. The first kappa shape index (κ1) is 20.1. The molecule has 3 rings (SSSR count). The van der Waals surface area contributed by atoms with E-state index in [1.807, 2.05) is 55.5 Å². The van der Waals surface area contributed by atoms with Crippen molar-refractivity contribution >= 4 is 40.1 Å². The van der Waals surface area contributed by atoms with E-state index in [9.17, 15) is 4.79 Å². The number of hydrogen-bond acceptors (Lipinski definition) is 4. The van der Waals surface area contributed by atoms with E-state index in [0.717, 1.165) is 33.9 Å². The molecule has 4 nitrogen and oxygen atoms in total. The number of carbonyl (C=O) groups is 1. The van der Waals surface area contributed by atoms with Gasteiger partial charge in [0.05, 0.1) is 12.3 Å². The highest BCUT2D eigenvalue weighted by atomic mass is 35.5. The summed E-state index contributed by atoms with van der Waals surface area (Å²) < 4.78 is 5.71. The molecule has 0 aliphatic carbocycles. The normalized spacial score (nSPS) is 11.0. The van der Waals surface area contributed by atoms with Gasteiger partial charge in [-0.2, -0.15) is 0 Å². The zero-order valence-corrected chi connectivity index (χ0v) is 17.3. The zero-order valence-electron chi connectivity index (χ0n) is 15.7. The molecule has 1 N–H and O–H groups in total. The second-order valence-corrected chi connectivity index (χ2v) is 7.78. The minimum atomic E-state index is -0.239. The van der Waals surface area contributed by atoms with E-state index in [2.05, 4.69) is 17.2 Å². The summed E-state index contributed by atoms with van der Waals surface area (Å²) in [7, 11) is 0. The average molecular weight is 413 g/mol. The largest absolute Gasteiger partial charge is 0.493 e. The molecule has 0 aliphatic heterocycles. The van der Waals surface area contributed by atoms with E-state index in [4.69, 9.17) is 16.3 Å². The summed E-state index contributed by atoms with van der Waals surface area (Å²) in [6.07, 6.45) is 4.17. The van der Waals surface area contributed by atoms with Crippen LogP contribution >= 0.6 is 22.9 Å². The highest BCUT2D eigenvalue weighted by molar-refractivity contribution is 7.16. The zero-order chi connectivity index (χ0) is 19.9. The van der Waals surface area contributed by atoms with Gasteiger partial charge in [0.25, 0.3) is 0 Å². The fraction of sp³-hybridized carbons (Fsp3) is 0.182. The lowest BCUT2D eigenvalue weighted by Gasteiger charge is -2.07. The number of amides is 1. The maximum Gasteiger partial charge on any atom is 0.250 e. The van der Waals surface area contributed by atoms with Gasteiger partial charge >= 0.3 is 0 Å². The molecule has 3 aromatic rings. The van der Waals surface area contributed by atoms with E-state index >= 15 is 0 Å². The third-order valence-electron chi connectivity index (χ3n) is 3.92. The van der Waals surface area contributed by atoms with Crippen LogP contribution in [0.25, 0.3) is 17.3 Å². The number of nitrogens with one attached hydrogen (secondary N) is 1. The molecule has 0 unspecified atom stereocenters. The number of thiazole rings is 1. The predicted molar refractivity (Wildman–Crippen MR) is 117 cm³/mol. The Bertz CT molecular complexity index is 998. The summed E-state index contributed by atoms with van der Waals surface area (Å²) >= 11 is 7.50. The van der Waals surface area contributed by atoms with Gasteiger partial charge in [-0.25, -0.2) is 4.98 Å². The van der Waals surface area contributed by atoms with Crippen LogP contribution in [0.1, 0.15) is 23.8 Å². The van der Waals surface area contributed by atoms with Crippen LogP contribution in [0.15, 0.2) is 54.6 Å². The van der Waals surface area contributed by atoms with Gasteiger partial charge in [0.15, 0.2) is 5.13 Å². The molecule has 0 radical (unpaired) electrons. The minimum absolute atomic E-state index is 0.239. The number of para-hydroxylation sites is 1. The maximum atomic E-state index is 12.3. The van der Waals surface area contributed by atoms with Crippen molar-refractivity contribution in [2.75, 3.05) is 11.9 Å². The second kappa shape index (κ2) is 9.53. The van der Waals surface area contributed by atoms with Gasteiger partial charge in [-0.1, -0.05) is 48.9 Å². The average Bonchev–Trinajstić information content (AvgIpc) is 3.05. The molecule has 144 valence electrons. The Balaban J connectivity index is 1.71. The van der Waals surface area contributed by atoms with E-state index in [0.29, 0.717) is 16.8 Å². The lowest BCUT2D eigenvalue weighted by Crippen LogP contribution is -2.07. The summed E-state index contributed by atoms with van der Waals surface area (Å²) in [5.74, 6) is 0.526. The van der Waals surface area contributed by atoms with Gasteiger partial charge in [-0.05, 0) is 37.6 Å². The Labute approximate surface area is 173 Å². The van der Waals surface area contributed by atoms with Crippen LogP contribution in [0.4, 0.5) is 5.13 Å². The number of halogens is 1. The number of ether oxygens (including phenoxy) is 1. The molecule has 1 amide bonds. The lowest BCUT2D eigenvalue weighted by molar-refractivity contribution is -0.111. The highest BCUT2D eigenvalue weighted by Crippen LogP contribution is 2.31. The molecule has 1 heterocycles. The van der Waals surface area contributed by atoms with Crippen molar-refractivity contribution in [2.24, 2.45) is 0 Å². The molecule has 0 atom stereocenters. The van der Waals surface area contributed by atoms with Crippen LogP contribution in [-0.4, -0.2) is 17.5 Å². The van der Waals surface area contributed by atoms with Crippen LogP contribution in [-0.2, 0) is 4.79 Å². The highest BCUT2D eigenvalue weighted by Gasteiger charge is 2.11. The second-order valence-electron chi connectivity index (χ2n) is 6.14. The van der Waals surface area contributed by atoms with Gasteiger partial charge in [-0.15, -0.1) is 11.3 Å². The summed E-state index contributed by atoms with van der Waals surface area (Å²) in [4.78, 5) is 17.9. The van der Waals surface area contributed by atoms with E-state index in [-0.39, 0.29) is 5.91 Å². The molecule has 1 aromatic heterocycles. The minimum Gasteiger partial charge on any atom is -0.493 e. The summed E-state index contributed by atoms with van der Waals surface area (Å²) in [6, 6.07) is 15.2. The maximum absolute atomic E-state index is 12.3.